The summed E-state index contributed by atoms with van der Waals surface area (Å²) in [6.07, 6.45) is 11.0. The maximum absolute atomic E-state index is 10.7. The molecule has 3 aromatic rings. The molecule has 0 fully saturated rings. The summed E-state index contributed by atoms with van der Waals surface area (Å²) in [5, 5.41) is 0. The fraction of sp³-hybridized carbons (Fsp3) is 0.176. The molecule has 10 nitrogen and oxygen atoms in total. The molecule has 178 valence electrons. The fourth-order valence-corrected chi connectivity index (χ4v) is 2.08. The molecule has 1 aliphatic heterocycles. The minimum Gasteiger partial charge on any atom is -0.741 e. The molecule has 2 N–H and O–H groups in total. The number of hydrogen-bond acceptors (Lipinski definition) is 8. The average molecular weight is 654 g/mol. The van der Waals surface area contributed by atoms with Crippen LogP contribution in [0.4, 0.5) is 13.2 Å². The third-order valence-corrected chi connectivity index (χ3v) is 3.98. The number of rotatable bonds is 2. The van der Waals surface area contributed by atoms with Crippen LogP contribution in [0.25, 0.3) is 23.0 Å². The molecule has 0 aliphatic carbocycles. The van der Waals surface area contributed by atoms with Crippen molar-refractivity contribution in [2.24, 2.45) is 0 Å². The first-order valence-electron chi connectivity index (χ1n) is 8.43. The van der Waals surface area contributed by atoms with Crippen LogP contribution in [0.2, 0.25) is 0 Å². The van der Waals surface area contributed by atoms with E-state index >= 15 is 0 Å². The van der Waals surface area contributed by atoms with E-state index in [0.717, 1.165) is 23.0 Å². The van der Waals surface area contributed by atoms with Gasteiger partial charge in [-0.05, 0) is 38.6 Å². The molecular formula is C17H18AuF3N7O3S-. The minimum atomic E-state index is -6.09. The number of H-pyrrole nitrogens is 2. The van der Waals surface area contributed by atoms with Gasteiger partial charge in [-0.15, -0.1) is 0 Å². The molecular weight excluding hydrogens is 636 g/mol. The molecule has 1 aliphatic rings. The van der Waals surface area contributed by atoms with Gasteiger partial charge in [-0.3, -0.25) is 0 Å². The fourth-order valence-electron chi connectivity index (χ4n) is 2.08. The molecule has 0 saturated heterocycles. The third-order valence-electron chi connectivity index (χ3n) is 3.42. The van der Waals surface area contributed by atoms with Gasteiger partial charge in [0.05, 0.1) is 0 Å². The molecule has 0 bridgehead atoms. The average Bonchev–Trinajstić information content (AvgIpc) is 3.45. The van der Waals surface area contributed by atoms with Crippen LogP contribution in [-0.2, 0) is 32.5 Å². The van der Waals surface area contributed by atoms with Crippen LogP contribution in [0.3, 0.4) is 0 Å². The predicted molar refractivity (Wildman–Crippen MR) is 104 cm³/mol. The van der Waals surface area contributed by atoms with E-state index in [1.54, 1.807) is 24.8 Å². The van der Waals surface area contributed by atoms with Crippen molar-refractivity contribution in [3.05, 3.63) is 62.1 Å². The maximum atomic E-state index is 10.7. The van der Waals surface area contributed by atoms with Gasteiger partial charge in [0.25, 0.3) is 0 Å². The summed E-state index contributed by atoms with van der Waals surface area (Å²) < 4.78 is 58.9. The third kappa shape index (κ3) is 8.47. The van der Waals surface area contributed by atoms with Crippen molar-refractivity contribution in [3.8, 4) is 23.0 Å². The number of aromatic nitrogens is 5. The molecule has 15 heteroatoms. The zero-order chi connectivity index (χ0) is 23.1. The summed E-state index contributed by atoms with van der Waals surface area (Å²) in [5.41, 5.74) is -4.04. The predicted octanol–water partition coefficient (Wildman–Crippen LogP) is 2.36. The second-order valence-electron chi connectivity index (χ2n) is 5.93. The number of imidazole rings is 2. The van der Waals surface area contributed by atoms with Gasteiger partial charge in [0, 0.05) is 24.8 Å². The molecule has 0 spiro atoms. The molecule has 0 unspecified atom stereocenters. The number of nitrogens with zero attached hydrogens (tertiary/aromatic N) is 5. The van der Waals surface area contributed by atoms with Crippen molar-refractivity contribution in [1.82, 2.24) is 34.7 Å². The Morgan fingerprint density at radius 2 is 1.38 bits per heavy atom. The van der Waals surface area contributed by atoms with E-state index in [2.05, 4.69) is 24.9 Å². The van der Waals surface area contributed by atoms with Crippen molar-refractivity contribution >= 4 is 10.1 Å². The first-order valence-corrected chi connectivity index (χ1v) is 9.84. The van der Waals surface area contributed by atoms with Crippen LogP contribution in [0, 0.1) is 6.67 Å². The van der Waals surface area contributed by atoms with E-state index in [1.807, 2.05) is 61.2 Å². The van der Waals surface area contributed by atoms with Crippen molar-refractivity contribution in [2.45, 2.75) is 5.51 Å². The monoisotopic (exact) mass is 654 g/mol. The number of halogens is 3. The standard InChI is InChI=1S/C11H9N5.C5H9N2.CHF3O3S.Au/c1-2-8(10-12-4-5-13-10)16-9(3-1)11-14-6-7-15-11;1-6-3-4-7(2)5-6;2-1(3,4)8(5,6)7;/h1-7H,(H,12,13)(H,14,15);3-5H,1-2H3;(H,5,6,7);/q;-1;;+1/p-1. The Morgan fingerprint density at radius 3 is 1.62 bits per heavy atom. The second-order valence-corrected chi connectivity index (χ2v) is 7.30. The summed E-state index contributed by atoms with van der Waals surface area (Å²) >= 11 is 0. The SMILES string of the molecule is CN1C=CN(C)[CH-]1.O=S(=O)([O-])C(F)(F)F.[Au+].c1cc(-c2ncc[nH]2)nc(-c2ncc[nH]2)c1. The smallest absolute Gasteiger partial charge is 0.741 e. The van der Waals surface area contributed by atoms with E-state index in [4.69, 9.17) is 13.0 Å². The molecule has 3 aromatic heterocycles. The van der Waals surface area contributed by atoms with Gasteiger partial charge in [-0.1, -0.05) is 6.07 Å². The largest absolute Gasteiger partial charge is 1.00 e. The molecule has 0 radical (unpaired) electrons. The molecule has 4 rings (SSSR count). The number of aromatic amines is 2. The minimum absolute atomic E-state index is 0. The van der Waals surface area contributed by atoms with Crippen molar-refractivity contribution in [1.29, 1.82) is 0 Å². The van der Waals surface area contributed by atoms with E-state index in [9.17, 15) is 13.2 Å². The van der Waals surface area contributed by atoms with Crippen LogP contribution in [0.5, 0.6) is 0 Å². The van der Waals surface area contributed by atoms with Crippen LogP contribution in [-0.4, -0.2) is 67.3 Å². The Labute approximate surface area is 197 Å². The Kier molecular flexibility index (Phi) is 10.1. The Morgan fingerprint density at radius 1 is 0.969 bits per heavy atom. The van der Waals surface area contributed by atoms with Crippen LogP contribution < -0.4 is 0 Å². The number of pyridine rings is 1. The van der Waals surface area contributed by atoms with Gasteiger partial charge in [0.15, 0.2) is 21.8 Å². The van der Waals surface area contributed by atoms with Crippen molar-refractivity contribution < 1.29 is 48.5 Å². The van der Waals surface area contributed by atoms with Gasteiger partial charge in [0.2, 0.25) is 0 Å². The number of hydrogen-bond donors (Lipinski definition) is 2. The van der Waals surface area contributed by atoms with Gasteiger partial charge in [0.1, 0.15) is 11.4 Å². The Balaban J connectivity index is 0.000000271. The van der Waals surface area contributed by atoms with Crippen molar-refractivity contribution in [3.63, 3.8) is 0 Å². The first kappa shape index (κ1) is 27.4. The molecule has 0 aromatic carbocycles. The Hall–Kier alpha value is -2.65. The molecule has 0 atom stereocenters. The summed E-state index contributed by atoms with van der Waals surface area (Å²) in [6.45, 7) is 2.00. The normalized spacial score (nSPS) is 12.9. The number of alkyl halides is 3. The van der Waals surface area contributed by atoms with E-state index in [-0.39, 0.29) is 22.4 Å². The number of nitrogens with one attached hydrogen (secondary N) is 2. The maximum Gasteiger partial charge on any atom is 1.00 e. The van der Waals surface area contributed by atoms with Crippen LogP contribution in [0.15, 0.2) is 55.4 Å². The molecule has 4 heterocycles. The van der Waals surface area contributed by atoms with Gasteiger partial charge < -0.3 is 24.3 Å². The summed E-state index contributed by atoms with van der Waals surface area (Å²) in [7, 11) is -2.09. The zero-order valence-electron chi connectivity index (χ0n) is 16.6. The Bertz CT molecular complexity index is 1020. The van der Waals surface area contributed by atoms with Gasteiger partial charge in [-0.25, -0.2) is 23.4 Å². The van der Waals surface area contributed by atoms with Gasteiger partial charge >= 0.3 is 27.9 Å². The van der Waals surface area contributed by atoms with Crippen LogP contribution in [0.1, 0.15) is 0 Å². The molecule has 0 amide bonds. The van der Waals surface area contributed by atoms with E-state index < -0.39 is 15.6 Å². The van der Waals surface area contributed by atoms with Crippen molar-refractivity contribution in [2.75, 3.05) is 14.1 Å². The quantitative estimate of drug-likeness (QED) is 0.186. The topological polar surface area (TPSA) is 134 Å². The zero-order valence-corrected chi connectivity index (χ0v) is 19.6. The van der Waals surface area contributed by atoms with E-state index in [1.165, 1.54) is 0 Å². The molecule has 0 saturated carbocycles. The van der Waals surface area contributed by atoms with Gasteiger partial charge in [-0.2, -0.15) is 19.8 Å². The van der Waals surface area contributed by atoms with Crippen LogP contribution >= 0.6 is 0 Å². The summed E-state index contributed by atoms with van der Waals surface area (Å²) in [5.74, 6) is 1.52. The molecule has 32 heavy (non-hydrogen) atoms. The summed E-state index contributed by atoms with van der Waals surface area (Å²) in [4.78, 5) is 22.8. The van der Waals surface area contributed by atoms with E-state index in [0.29, 0.717) is 0 Å². The second kappa shape index (κ2) is 11.8. The first-order chi connectivity index (χ1) is 14.5. The summed E-state index contributed by atoms with van der Waals surface area (Å²) in [6, 6.07) is 5.75.